The lowest BCUT2D eigenvalue weighted by Crippen LogP contribution is -2.54. The largest absolute Gasteiger partial charge is 0.459 e. The summed E-state index contributed by atoms with van der Waals surface area (Å²) in [5.74, 6) is -11.5. The second kappa shape index (κ2) is 5.99. The normalized spacial score (nSPS) is 16.5. The molecule has 1 unspecified atom stereocenters. The van der Waals surface area contributed by atoms with Crippen LogP contribution in [0.1, 0.15) is 18.9 Å². The maximum Gasteiger partial charge on any atom is 0.459 e. The molecule has 0 aromatic heterocycles. The Balaban J connectivity index is 3.19. The molecule has 0 amide bonds. The fourth-order valence-electron chi connectivity index (χ4n) is 1.84. The maximum atomic E-state index is 13.6. The molecular formula is C13H12BrF7O. The molecule has 0 aliphatic heterocycles. The minimum Gasteiger partial charge on any atom is -0.374 e. The van der Waals surface area contributed by atoms with E-state index in [1.807, 2.05) is 0 Å². The van der Waals surface area contributed by atoms with E-state index in [-0.39, 0.29) is 5.56 Å². The van der Waals surface area contributed by atoms with Crippen LogP contribution in [0.15, 0.2) is 28.7 Å². The Bertz CT molecular complexity index is 512. The third kappa shape index (κ3) is 3.56. The van der Waals surface area contributed by atoms with Gasteiger partial charge in [-0.15, -0.1) is 0 Å². The molecule has 0 aliphatic carbocycles. The Morgan fingerprint density at radius 3 is 1.77 bits per heavy atom. The molecule has 0 bridgehead atoms. The van der Waals surface area contributed by atoms with Crippen molar-refractivity contribution in [1.29, 1.82) is 0 Å². The summed E-state index contributed by atoms with van der Waals surface area (Å²) in [6, 6.07) is 5.48. The summed E-state index contributed by atoms with van der Waals surface area (Å²) in [6.45, 7) is 1.02. The van der Waals surface area contributed by atoms with E-state index >= 15 is 0 Å². The average molecular weight is 397 g/mol. The van der Waals surface area contributed by atoms with Crippen molar-refractivity contribution in [3.05, 3.63) is 34.3 Å². The Labute approximate surface area is 130 Å². The molecule has 1 nitrogen and oxygen atoms in total. The van der Waals surface area contributed by atoms with Gasteiger partial charge in [0.15, 0.2) is 0 Å². The van der Waals surface area contributed by atoms with Crippen LogP contribution in [-0.4, -0.2) is 25.1 Å². The first-order valence-electron chi connectivity index (χ1n) is 5.90. The van der Waals surface area contributed by atoms with Crippen molar-refractivity contribution in [1.82, 2.24) is 0 Å². The number of halogens is 8. The van der Waals surface area contributed by atoms with Crippen molar-refractivity contribution in [3.63, 3.8) is 0 Å². The molecule has 0 spiro atoms. The van der Waals surface area contributed by atoms with E-state index in [1.165, 1.54) is 24.3 Å². The maximum absolute atomic E-state index is 13.6. The summed E-state index contributed by atoms with van der Waals surface area (Å²) in [5.41, 5.74) is -1.96. The van der Waals surface area contributed by atoms with E-state index in [2.05, 4.69) is 15.9 Å². The molecule has 0 N–H and O–H groups in total. The van der Waals surface area contributed by atoms with Crippen molar-refractivity contribution in [2.75, 3.05) is 7.11 Å². The standard InChI is InChI=1S/C13H12BrF7O/c1-10(22-2,8-3-5-9(14)6-4-8)7-11(15,16)12(17,18)13(19,20)21/h3-6H,7H2,1-2H3. The number of ether oxygens (including phenoxy) is 1. The molecule has 1 rings (SSSR count). The van der Waals surface area contributed by atoms with E-state index in [1.54, 1.807) is 0 Å². The molecule has 0 radical (unpaired) electrons. The molecule has 0 saturated carbocycles. The van der Waals surface area contributed by atoms with E-state index < -0.39 is 30.0 Å². The van der Waals surface area contributed by atoms with Crippen LogP contribution in [0.4, 0.5) is 30.7 Å². The molecule has 0 aliphatic rings. The molecule has 9 heteroatoms. The first-order valence-corrected chi connectivity index (χ1v) is 6.70. The smallest absolute Gasteiger partial charge is 0.374 e. The van der Waals surface area contributed by atoms with Gasteiger partial charge in [-0.2, -0.15) is 30.7 Å². The summed E-state index contributed by atoms with van der Waals surface area (Å²) in [4.78, 5) is 0. The van der Waals surface area contributed by atoms with Gasteiger partial charge >= 0.3 is 18.0 Å². The molecule has 0 heterocycles. The van der Waals surface area contributed by atoms with E-state index in [0.717, 1.165) is 14.0 Å². The fourth-order valence-corrected chi connectivity index (χ4v) is 2.10. The van der Waals surface area contributed by atoms with Crippen LogP contribution in [0.2, 0.25) is 0 Å². The van der Waals surface area contributed by atoms with Gasteiger partial charge in [0.1, 0.15) is 0 Å². The quantitative estimate of drug-likeness (QED) is 0.594. The molecule has 1 atom stereocenters. The lowest BCUT2D eigenvalue weighted by Gasteiger charge is -2.36. The van der Waals surface area contributed by atoms with Crippen LogP contribution in [0, 0.1) is 0 Å². The Hall–Kier alpha value is -0.830. The van der Waals surface area contributed by atoms with Gasteiger partial charge in [0.05, 0.1) is 12.0 Å². The summed E-state index contributed by atoms with van der Waals surface area (Å²) in [6.07, 6.45) is -8.19. The number of alkyl halides is 7. The van der Waals surface area contributed by atoms with Gasteiger partial charge in [-0.05, 0) is 24.6 Å². The highest BCUT2D eigenvalue weighted by atomic mass is 79.9. The van der Waals surface area contributed by atoms with Gasteiger partial charge < -0.3 is 4.74 Å². The highest BCUT2D eigenvalue weighted by Gasteiger charge is 2.73. The Morgan fingerprint density at radius 1 is 0.955 bits per heavy atom. The third-order valence-corrected chi connectivity index (χ3v) is 3.81. The second-order valence-corrected chi connectivity index (χ2v) is 5.81. The summed E-state index contributed by atoms with van der Waals surface area (Å²) >= 11 is 3.10. The van der Waals surface area contributed by atoms with Gasteiger partial charge in [-0.3, -0.25) is 0 Å². The minimum atomic E-state index is -6.36. The first-order chi connectivity index (χ1) is 9.77. The SMILES string of the molecule is COC(C)(CC(F)(F)C(F)(F)C(F)(F)F)c1ccc(Br)cc1. The molecule has 1 aromatic carbocycles. The molecule has 1 aromatic rings. The van der Waals surface area contributed by atoms with Gasteiger partial charge in [0.2, 0.25) is 0 Å². The topological polar surface area (TPSA) is 9.23 Å². The number of rotatable bonds is 5. The van der Waals surface area contributed by atoms with Crippen molar-refractivity contribution in [2.24, 2.45) is 0 Å². The number of hydrogen-bond acceptors (Lipinski definition) is 1. The molecule has 0 saturated heterocycles. The van der Waals surface area contributed by atoms with Gasteiger partial charge in [0.25, 0.3) is 0 Å². The van der Waals surface area contributed by atoms with Crippen molar-refractivity contribution < 1.29 is 35.5 Å². The zero-order valence-electron chi connectivity index (χ0n) is 11.4. The summed E-state index contributed by atoms with van der Waals surface area (Å²) < 4.78 is 95.2. The van der Waals surface area contributed by atoms with E-state index in [4.69, 9.17) is 4.74 Å². The van der Waals surface area contributed by atoms with Gasteiger partial charge in [-0.1, -0.05) is 28.1 Å². The third-order valence-electron chi connectivity index (χ3n) is 3.28. The predicted molar refractivity (Wildman–Crippen MR) is 69.1 cm³/mol. The summed E-state index contributed by atoms with van der Waals surface area (Å²) in [7, 11) is 0.962. The first kappa shape index (κ1) is 19.2. The second-order valence-electron chi connectivity index (χ2n) is 4.90. The monoisotopic (exact) mass is 396 g/mol. The lowest BCUT2D eigenvalue weighted by atomic mass is 9.87. The highest BCUT2D eigenvalue weighted by molar-refractivity contribution is 9.10. The number of hydrogen-bond donors (Lipinski definition) is 0. The predicted octanol–water partition coefficient (Wildman–Crippen LogP) is 5.53. The Kier molecular flexibility index (Phi) is 5.23. The zero-order valence-corrected chi connectivity index (χ0v) is 13.0. The van der Waals surface area contributed by atoms with Crippen LogP contribution in [0.25, 0.3) is 0 Å². The number of benzene rings is 1. The van der Waals surface area contributed by atoms with Gasteiger partial charge in [0, 0.05) is 11.6 Å². The Morgan fingerprint density at radius 2 is 1.41 bits per heavy atom. The number of methoxy groups -OCH3 is 1. The van der Waals surface area contributed by atoms with Crippen LogP contribution >= 0.6 is 15.9 Å². The molecule has 126 valence electrons. The summed E-state index contributed by atoms with van der Waals surface area (Å²) in [5, 5.41) is 0. The fraction of sp³-hybridized carbons (Fsp3) is 0.538. The molecular weight excluding hydrogens is 385 g/mol. The van der Waals surface area contributed by atoms with Crippen molar-refractivity contribution in [2.45, 2.75) is 37.0 Å². The lowest BCUT2D eigenvalue weighted by molar-refractivity contribution is -0.361. The van der Waals surface area contributed by atoms with Crippen LogP contribution in [0.3, 0.4) is 0 Å². The highest BCUT2D eigenvalue weighted by Crippen LogP contribution is 2.51. The van der Waals surface area contributed by atoms with Crippen LogP contribution < -0.4 is 0 Å². The average Bonchev–Trinajstić information content (AvgIpc) is 2.37. The minimum absolute atomic E-state index is 0.0517. The van der Waals surface area contributed by atoms with E-state index in [0.29, 0.717) is 4.47 Å². The van der Waals surface area contributed by atoms with Crippen molar-refractivity contribution >= 4 is 15.9 Å². The van der Waals surface area contributed by atoms with Crippen LogP contribution in [-0.2, 0) is 10.3 Å². The van der Waals surface area contributed by atoms with Crippen LogP contribution in [0.5, 0.6) is 0 Å². The molecule has 22 heavy (non-hydrogen) atoms. The zero-order chi connectivity index (χ0) is 17.4. The molecule has 0 fully saturated rings. The van der Waals surface area contributed by atoms with Gasteiger partial charge in [-0.25, -0.2) is 0 Å². The van der Waals surface area contributed by atoms with E-state index in [9.17, 15) is 30.7 Å². The van der Waals surface area contributed by atoms with Crippen molar-refractivity contribution in [3.8, 4) is 0 Å².